The zero-order valence-corrected chi connectivity index (χ0v) is 8.48. The van der Waals surface area contributed by atoms with Crippen LogP contribution < -0.4 is 5.32 Å². The van der Waals surface area contributed by atoms with Crippen molar-refractivity contribution in [2.45, 2.75) is 18.9 Å². The number of aliphatic hydroxyl groups is 1. The summed E-state index contributed by atoms with van der Waals surface area (Å²) in [5.74, 6) is 0.381. The average Bonchev–Trinajstić information content (AvgIpc) is 2.65. The maximum Gasteiger partial charge on any atom is 0.0985 e. The van der Waals surface area contributed by atoms with Gasteiger partial charge in [0.2, 0.25) is 0 Å². The molecular formula is C10H17N3O. The van der Waals surface area contributed by atoms with Crippen molar-refractivity contribution in [3.63, 3.8) is 0 Å². The molecule has 2 heterocycles. The van der Waals surface area contributed by atoms with Gasteiger partial charge in [0.05, 0.1) is 11.8 Å². The lowest BCUT2D eigenvalue weighted by Crippen LogP contribution is -2.31. The highest BCUT2D eigenvalue weighted by Gasteiger charge is 2.24. The van der Waals surface area contributed by atoms with Crippen LogP contribution in [0.15, 0.2) is 12.3 Å². The summed E-state index contributed by atoms with van der Waals surface area (Å²) >= 11 is 0. The van der Waals surface area contributed by atoms with Crippen molar-refractivity contribution in [2.24, 2.45) is 13.0 Å². The first-order valence-electron chi connectivity index (χ1n) is 5.15. The molecule has 0 aromatic carbocycles. The zero-order chi connectivity index (χ0) is 9.97. The fraction of sp³-hybridized carbons (Fsp3) is 0.700. The number of aryl methyl sites for hydroxylation is 1. The Hall–Kier alpha value is -0.870. The van der Waals surface area contributed by atoms with E-state index in [1.807, 2.05) is 13.1 Å². The fourth-order valence-corrected chi connectivity index (χ4v) is 2.08. The Labute approximate surface area is 83.9 Å². The number of aromatic nitrogens is 2. The van der Waals surface area contributed by atoms with Crippen LogP contribution in [0.5, 0.6) is 0 Å². The first-order valence-corrected chi connectivity index (χ1v) is 5.15. The standard InChI is InChI=1S/C10H17N3O/c1-13-9(4-7-12-13)10(14)8-2-5-11-6-3-8/h4,7-8,10-11,14H,2-3,5-6H2,1H3/t10-/m1/s1. The van der Waals surface area contributed by atoms with E-state index in [0.717, 1.165) is 31.6 Å². The first-order chi connectivity index (χ1) is 6.79. The van der Waals surface area contributed by atoms with Crippen LogP contribution in [-0.2, 0) is 7.05 Å². The minimum Gasteiger partial charge on any atom is -0.387 e. The normalized spacial score (nSPS) is 21.0. The molecule has 0 spiro atoms. The Morgan fingerprint density at radius 2 is 2.29 bits per heavy atom. The third-order valence-corrected chi connectivity index (χ3v) is 2.99. The van der Waals surface area contributed by atoms with Crippen molar-refractivity contribution in [3.8, 4) is 0 Å². The van der Waals surface area contributed by atoms with Crippen molar-refractivity contribution in [1.82, 2.24) is 15.1 Å². The van der Waals surface area contributed by atoms with Crippen LogP contribution in [0.4, 0.5) is 0 Å². The molecule has 1 aromatic rings. The van der Waals surface area contributed by atoms with Crippen LogP contribution in [0.1, 0.15) is 24.6 Å². The minimum atomic E-state index is -0.357. The van der Waals surface area contributed by atoms with E-state index in [2.05, 4.69) is 10.4 Å². The summed E-state index contributed by atoms with van der Waals surface area (Å²) in [7, 11) is 1.87. The van der Waals surface area contributed by atoms with Gasteiger partial charge >= 0.3 is 0 Å². The molecule has 2 rings (SSSR count). The molecule has 1 fully saturated rings. The molecule has 14 heavy (non-hydrogen) atoms. The van der Waals surface area contributed by atoms with Gasteiger partial charge in [-0.2, -0.15) is 5.10 Å². The molecule has 0 radical (unpaired) electrons. The predicted molar refractivity (Wildman–Crippen MR) is 53.8 cm³/mol. The molecule has 1 aliphatic heterocycles. The quantitative estimate of drug-likeness (QED) is 0.720. The molecule has 0 aliphatic carbocycles. The van der Waals surface area contributed by atoms with E-state index in [0.29, 0.717) is 5.92 Å². The van der Waals surface area contributed by atoms with E-state index in [-0.39, 0.29) is 6.10 Å². The molecule has 1 saturated heterocycles. The monoisotopic (exact) mass is 195 g/mol. The Kier molecular flexibility index (Phi) is 2.84. The summed E-state index contributed by atoms with van der Waals surface area (Å²) in [5, 5.41) is 17.5. The molecule has 78 valence electrons. The third kappa shape index (κ3) is 1.81. The van der Waals surface area contributed by atoms with Crippen molar-refractivity contribution in [1.29, 1.82) is 0 Å². The molecule has 4 heteroatoms. The average molecular weight is 195 g/mol. The van der Waals surface area contributed by atoms with Gasteiger partial charge in [0, 0.05) is 13.2 Å². The Bertz CT molecular complexity index is 291. The molecule has 2 N–H and O–H groups in total. The van der Waals surface area contributed by atoms with E-state index >= 15 is 0 Å². The Morgan fingerprint density at radius 1 is 1.57 bits per heavy atom. The number of rotatable bonds is 2. The third-order valence-electron chi connectivity index (χ3n) is 2.99. The maximum absolute atomic E-state index is 10.1. The molecule has 4 nitrogen and oxygen atoms in total. The molecular weight excluding hydrogens is 178 g/mol. The van der Waals surface area contributed by atoms with E-state index in [1.165, 1.54) is 0 Å². The van der Waals surface area contributed by atoms with Gasteiger partial charge in [-0.05, 0) is 37.9 Å². The molecule has 0 saturated carbocycles. The topological polar surface area (TPSA) is 50.1 Å². The fourth-order valence-electron chi connectivity index (χ4n) is 2.08. The number of piperidine rings is 1. The van der Waals surface area contributed by atoms with Gasteiger partial charge in [-0.15, -0.1) is 0 Å². The van der Waals surface area contributed by atoms with Gasteiger partial charge in [0.15, 0.2) is 0 Å². The Morgan fingerprint density at radius 3 is 2.86 bits per heavy atom. The summed E-state index contributed by atoms with van der Waals surface area (Å²) in [6.45, 7) is 2.03. The van der Waals surface area contributed by atoms with Gasteiger partial charge in [0.25, 0.3) is 0 Å². The second kappa shape index (κ2) is 4.11. The van der Waals surface area contributed by atoms with Crippen molar-refractivity contribution >= 4 is 0 Å². The summed E-state index contributed by atoms with van der Waals surface area (Å²) in [5.41, 5.74) is 0.928. The molecule has 1 atom stereocenters. The molecule has 1 aliphatic rings. The largest absolute Gasteiger partial charge is 0.387 e. The van der Waals surface area contributed by atoms with Crippen LogP contribution in [0.3, 0.4) is 0 Å². The van der Waals surface area contributed by atoms with E-state index in [4.69, 9.17) is 0 Å². The van der Waals surface area contributed by atoms with Crippen molar-refractivity contribution in [3.05, 3.63) is 18.0 Å². The molecule has 1 aromatic heterocycles. The van der Waals surface area contributed by atoms with Crippen LogP contribution in [0.25, 0.3) is 0 Å². The smallest absolute Gasteiger partial charge is 0.0985 e. The van der Waals surface area contributed by atoms with Gasteiger partial charge in [-0.25, -0.2) is 0 Å². The van der Waals surface area contributed by atoms with Crippen molar-refractivity contribution in [2.75, 3.05) is 13.1 Å². The summed E-state index contributed by atoms with van der Waals surface area (Å²) in [4.78, 5) is 0. The summed E-state index contributed by atoms with van der Waals surface area (Å²) in [6.07, 6.45) is 3.47. The Balaban J connectivity index is 2.07. The summed E-state index contributed by atoms with van der Waals surface area (Å²) < 4.78 is 1.76. The molecule has 0 bridgehead atoms. The first kappa shape index (κ1) is 9.68. The molecule has 0 unspecified atom stereocenters. The van der Waals surface area contributed by atoms with E-state index < -0.39 is 0 Å². The lowest BCUT2D eigenvalue weighted by atomic mass is 9.90. The van der Waals surface area contributed by atoms with Crippen LogP contribution in [0, 0.1) is 5.92 Å². The highest BCUT2D eigenvalue weighted by Crippen LogP contribution is 2.27. The second-order valence-corrected chi connectivity index (χ2v) is 3.91. The number of hydrogen-bond donors (Lipinski definition) is 2. The highest BCUT2D eigenvalue weighted by atomic mass is 16.3. The second-order valence-electron chi connectivity index (χ2n) is 3.91. The van der Waals surface area contributed by atoms with Gasteiger partial charge in [-0.1, -0.05) is 0 Å². The van der Waals surface area contributed by atoms with Crippen LogP contribution in [-0.4, -0.2) is 28.0 Å². The minimum absolute atomic E-state index is 0.357. The lowest BCUT2D eigenvalue weighted by Gasteiger charge is -2.27. The van der Waals surface area contributed by atoms with E-state index in [1.54, 1.807) is 10.9 Å². The van der Waals surface area contributed by atoms with Crippen molar-refractivity contribution < 1.29 is 5.11 Å². The number of aliphatic hydroxyl groups excluding tert-OH is 1. The number of nitrogens with zero attached hydrogens (tertiary/aromatic N) is 2. The summed E-state index contributed by atoms with van der Waals surface area (Å²) in [6, 6.07) is 1.90. The predicted octanol–water partition coefficient (Wildman–Crippen LogP) is 0.453. The van der Waals surface area contributed by atoms with Gasteiger partial charge in [-0.3, -0.25) is 4.68 Å². The number of hydrogen-bond acceptors (Lipinski definition) is 3. The van der Waals surface area contributed by atoms with E-state index in [9.17, 15) is 5.11 Å². The van der Waals surface area contributed by atoms with Gasteiger partial charge < -0.3 is 10.4 Å². The SMILES string of the molecule is Cn1nccc1[C@H](O)C1CCNCC1. The highest BCUT2D eigenvalue weighted by molar-refractivity contribution is 5.05. The molecule has 0 amide bonds. The zero-order valence-electron chi connectivity index (χ0n) is 8.48. The lowest BCUT2D eigenvalue weighted by molar-refractivity contribution is 0.0817. The van der Waals surface area contributed by atoms with Crippen LogP contribution in [0.2, 0.25) is 0 Å². The van der Waals surface area contributed by atoms with Gasteiger partial charge in [0.1, 0.15) is 0 Å². The maximum atomic E-state index is 10.1. The van der Waals surface area contributed by atoms with Crippen LogP contribution >= 0.6 is 0 Å². The number of nitrogens with one attached hydrogen (secondary N) is 1.